The lowest BCUT2D eigenvalue weighted by atomic mass is 9.86. The van der Waals surface area contributed by atoms with E-state index in [9.17, 15) is 13.2 Å². The molecule has 0 radical (unpaired) electrons. The van der Waals surface area contributed by atoms with Crippen LogP contribution in [0.2, 0.25) is 0 Å². The number of likely N-dealkylation sites (N-methyl/N-ethyl adjacent to an activating group) is 1. The highest BCUT2D eigenvalue weighted by molar-refractivity contribution is 7.89. The molecule has 2 heterocycles. The maximum absolute atomic E-state index is 12.5. The van der Waals surface area contributed by atoms with E-state index in [1.54, 1.807) is 0 Å². The molecule has 3 aromatic rings. The van der Waals surface area contributed by atoms with Gasteiger partial charge in [-0.3, -0.25) is 9.78 Å². The van der Waals surface area contributed by atoms with Gasteiger partial charge in [-0.15, -0.1) is 11.3 Å². The average Bonchev–Trinajstić information content (AvgIpc) is 3.16. The second-order valence-corrected chi connectivity index (χ2v) is 10.8. The summed E-state index contributed by atoms with van der Waals surface area (Å²) >= 11 is 1.29. The van der Waals surface area contributed by atoms with Crippen molar-refractivity contribution in [3.63, 3.8) is 0 Å². The Labute approximate surface area is 180 Å². The predicted molar refractivity (Wildman–Crippen MR) is 119 cm³/mol. The van der Waals surface area contributed by atoms with Crippen molar-refractivity contribution in [3.05, 3.63) is 59.7 Å². The van der Waals surface area contributed by atoms with Gasteiger partial charge in [0.15, 0.2) is 5.13 Å². The molecule has 7 nitrogen and oxygen atoms in total. The van der Waals surface area contributed by atoms with Crippen molar-refractivity contribution < 1.29 is 13.2 Å². The summed E-state index contributed by atoms with van der Waals surface area (Å²) in [6, 6.07) is 11.1. The molecular weight excluding hydrogens is 420 g/mol. The number of hydrogen-bond donors (Lipinski definition) is 1. The second kappa shape index (κ2) is 8.63. The van der Waals surface area contributed by atoms with Crippen LogP contribution in [0.3, 0.4) is 0 Å². The summed E-state index contributed by atoms with van der Waals surface area (Å²) in [5, 5.41) is 4.95. The standard InChI is InChI=1S/C21H24N4O3S2/c1-21(2,3)16-9-7-15(8-10-16)18-14-29-20(23-18)24-19(26)13-25(4)30(27,28)17-6-5-11-22-12-17/h5-12,14H,13H2,1-4H3,(H,23,24,26). The Balaban J connectivity index is 1.65. The lowest BCUT2D eigenvalue weighted by molar-refractivity contribution is -0.116. The van der Waals surface area contributed by atoms with Crippen LogP contribution in [0.4, 0.5) is 5.13 Å². The number of rotatable bonds is 6. The molecule has 0 aliphatic rings. The fourth-order valence-corrected chi connectivity index (χ4v) is 4.56. The average molecular weight is 445 g/mol. The fraction of sp³-hybridized carbons (Fsp3) is 0.286. The number of aromatic nitrogens is 2. The van der Waals surface area contributed by atoms with E-state index in [-0.39, 0.29) is 16.9 Å². The van der Waals surface area contributed by atoms with E-state index in [2.05, 4.69) is 48.2 Å². The Morgan fingerprint density at radius 3 is 2.47 bits per heavy atom. The number of carbonyl (C=O) groups excluding carboxylic acids is 1. The SMILES string of the molecule is CN(CC(=O)Nc1nc(-c2ccc(C(C)(C)C)cc2)cs1)S(=O)(=O)c1cccnc1. The Hall–Kier alpha value is -2.62. The Morgan fingerprint density at radius 1 is 1.17 bits per heavy atom. The summed E-state index contributed by atoms with van der Waals surface area (Å²) in [5.74, 6) is -0.464. The molecule has 0 bridgehead atoms. The maximum atomic E-state index is 12.5. The number of nitrogens with zero attached hydrogens (tertiary/aromatic N) is 3. The van der Waals surface area contributed by atoms with Crippen molar-refractivity contribution in [3.8, 4) is 11.3 Å². The number of thiazole rings is 1. The van der Waals surface area contributed by atoms with Crippen molar-refractivity contribution in [1.29, 1.82) is 0 Å². The number of benzene rings is 1. The zero-order chi connectivity index (χ0) is 21.9. The molecule has 0 fully saturated rings. The van der Waals surface area contributed by atoms with Crippen LogP contribution in [0.25, 0.3) is 11.3 Å². The number of nitrogens with one attached hydrogen (secondary N) is 1. The van der Waals surface area contributed by atoms with E-state index in [0.29, 0.717) is 5.13 Å². The molecule has 0 saturated carbocycles. The van der Waals surface area contributed by atoms with E-state index in [1.165, 1.54) is 48.5 Å². The maximum Gasteiger partial charge on any atom is 0.244 e. The summed E-state index contributed by atoms with van der Waals surface area (Å²) in [7, 11) is -2.43. The van der Waals surface area contributed by atoms with Crippen LogP contribution >= 0.6 is 11.3 Å². The molecule has 0 aliphatic heterocycles. The van der Waals surface area contributed by atoms with E-state index >= 15 is 0 Å². The molecule has 0 spiro atoms. The number of anilines is 1. The van der Waals surface area contributed by atoms with Crippen molar-refractivity contribution in [2.24, 2.45) is 0 Å². The number of hydrogen-bond acceptors (Lipinski definition) is 6. The largest absolute Gasteiger partial charge is 0.301 e. The van der Waals surface area contributed by atoms with E-state index < -0.39 is 15.9 Å². The lowest BCUT2D eigenvalue weighted by Gasteiger charge is -2.18. The van der Waals surface area contributed by atoms with Crippen LogP contribution in [-0.4, -0.2) is 42.2 Å². The fourth-order valence-electron chi connectivity index (χ4n) is 2.73. The van der Waals surface area contributed by atoms with Gasteiger partial charge in [-0.2, -0.15) is 4.31 Å². The molecule has 0 unspecified atom stereocenters. The molecule has 1 amide bonds. The first-order chi connectivity index (χ1) is 14.1. The van der Waals surface area contributed by atoms with Gasteiger partial charge in [-0.05, 0) is 23.1 Å². The summed E-state index contributed by atoms with van der Waals surface area (Å²) in [6.45, 7) is 6.14. The molecule has 30 heavy (non-hydrogen) atoms. The van der Waals surface area contributed by atoms with Crippen molar-refractivity contribution in [2.75, 3.05) is 18.9 Å². The summed E-state index contributed by atoms with van der Waals surface area (Å²) < 4.78 is 26.0. The molecule has 1 N–H and O–H groups in total. The van der Waals surface area contributed by atoms with Gasteiger partial charge in [0.25, 0.3) is 0 Å². The lowest BCUT2D eigenvalue weighted by Crippen LogP contribution is -2.35. The van der Waals surface area contributed by atoms with Crippen LogP contribution in [-0.2, 0) is 20.2 Å². The van der Waals surface area contributed by atoms with Crippen molar-refractivity contribution in [2.45, 2.75) is 31.1 Å². The van der Waals surface area contributed by atoms with Gasteiger partial charge in [0, 0.05) is 30.4 Å². The number of pyridine rings is 1. The summed E-state index contributed by atoms with van der Waals surface area (Å²) in [4.78, 5) is 20.6. The highest BCUT2D eigenvalue weighted by Crippen LogP contribution is 2.28. The monoisotopic (exact) mass is 444 g/mol. The van der Waals surface area contributed by atoms with Crippen molar-refractivity contribution >= 4 is 32.4 Å². The Morgan fingerprint density at radius 2 is 1.87 bits per heavy atom. The van der Waals surface area contributed by atoms with E-state index in [4.69, 9.17) is 0 Å². The normalized spacial score (nSPS) is 12.2. The van der Waals surface area contributed by atoms with Gasteiger partial charge < -0.3 is 5.32 Å². The van der Waals surface area contributed by atoms with Gasteiger partial charge in [-0.1, -0.05) is 45.0 Å². The minimum absolute atomic E-state index is 0.0375. The van der Waals surface area contributed by atoms with E-state index in [1.807, 2.05) is 17.5 Å². The molecule has 9 heteroatoms. The molecule has 3 rings (SSSR count). The topological polar surface area (TPSA) is 92.3 Å². The highest BCUT2D eigenvalue weighted by atomic mass is 32.2. The molecule has 0 aliphatic carbocycles. The van der Waals surface area contributed by atoms with Crippen LogP contribution in [0.5, 0.6) is 0 Å². The second-order valence-electron chi connectivity index (χ2n) is 7.86. The molecule has 2 aromatic heterocycles. The molecule has 1 aromatic carbocycles. The van der Waals surface area contributed by atoms with Gasteiger partial charge in [0.05, 0.1) is 12.2 Å². The number of sulfonamides is 1. The molecular formula is C21H24N4O3S2. The predicted octanol–water partition coefficient (Wildman–Crippen LogP) is 3.76. The van der Waals surface area contributed by atoms with Crippen LogP contribution in [0.1, 0.15) is 26.3 Å². The minimum Gasteiger partial charge on any atom is -0.301 e. The van der Waals surface area contributed by atoms with Gasteiger partial charge in [0.1, 0.15) is 4.90 Å². The summed E-state index contributed by atoms with van der Waals surface area (Å²) in [5.41, 5.74) is 3.01. The first-order valence-corrected chi connectivity index (χ1v) is 11.6. The van der Waals surface area contributed by atoms with Crippen LogP contribution in [0.15, 0.2) is 59.1 Å². The van der Waals surface area contributed by atoms with Crippen LogP contribution < -0.4 is 5.32 Å². The number of carbonyl (C=O) groups is 1. The molecule has 158 valence electrons. The van der Waals surface area contributed by atoms with Gasteiger partial charge in [-0.25, -0.2) is 13.4 Å². The smallest absolute Gasteiger partial charge is 0.244 e. The molecule has 0 atom stereocenters. The molecule has 0 saturated heterocycles. The third kappa shape index (κ3) is 5.10. The zero-order valence-electron chi connectivity index (χ0n) is 17.3. The third-order valence-electron chi connectivity index (χ3n) is 4.51. The summed E-state index contributed by atoms with van der Waals surface area (Å²) in [6.07, 6.45) is 2.74. The first-order valence-electron chi connectivity index (χ1n) is 9.30. The van der Waals surface area contributed by atoms with Crippen LogP contribution in [0, 0.1) is 0 Å². The highest BCUT2D eigenvalue weighted by Gasteiger charge is 2.23. The van der Waals surface area contributed by atoms with Gasteiger partial charge >= 0.3 is 0 Å². The Bertz CT molecular complexity index is 1120. The van der Waals surface area contributed by atoms with Crippen molar-refractivity contribution in [1.82, 2.24) is 14.3 Å². The Kier molecular flexibility index (Phi) is 6.35. The zero-order valence-corrected chi connectivity index (χ0v) is 18.9. The number of amides is 1. The van der Waals surface area contributed by atoms with Gasteiger partial charge in [0.2, 0.25) is 15.9 Å². The third-order valence-corrected chi connectivity index (χ3v) is 7.05. The first kappa shape index (κ1) is 22.1. The quantitative estimate of drug-likeness (QED) is 0.625. The van der Waals surface area contributed by atoms with E-state index in [0.717, 1.165) is 15.6 Å². The minimum atomic E-state index is -3.79.